The number of rotatable bonds is 4. The molecule has 0 bridgehead atoms. The molecule has 2 aromatic rings. The number of ether oxygens (including phenoxy) is 1. The van der Waals surface area contributed by atoms with Crippen molar-refractivity contribution < 1.29 is 13.9 Å². The number of carbonyl (C=O) groups excluding carboxylic acids is 1. The smallest absolute Gasteiger partial charge is 0.271 e. The van der Waals surface area contributed by atoms with Gasteiger partial charge in [0.05, 0.1) is 6.61 Å². The Morgan fingerprint density at radius 1 is 1.38 bits per heavy atom. The summed E-state index contributed by atoms with van der Waals surface area (Å²) in [5.41, 5.74) is 1.34. The lowest BCUT2D eigenvalue weighted by atomic mass is 10.1. The summed E-state index contributed by atoms with van der Waals surface area (Å²) in [6, 6.07) is 7.91. The molecule has 21 heavy (non-hydrogen) atoms. The van der Waals surface area contributed by atoms with Crippen LogP contribution in [0.1, 0.15) is 22.5 Å². The maximum atomic E-state index is 12.8. The maximum absolute atomic E-state index is 12.8. The standard InChI is InChI=1S/C15H16FN3O2/c16-12-4-2-11(3-5-12)6-7-17-15(20)13-10-14-19(18-13)8-1-9-21-14/h2-5,10H,1,6-9H2,(H,17,20). The first-order valence-corrected chi connectivity index (χ1v) is 6.96. The number of hydrogen-bond acceptors (Lipinski definition) is 3. The van der Waals surface area contributed by atoms with Gasteiger partial charge in [0.1, 0.15) is 5.82 Å². The lowest BCUT2D eigenvalue weighted by molar-refractivity contribution is 0.0948. The minimum atomic E-state index is -0.258. The van der Waals surface area contributed by atoms with Crippen LogP contribution in [0.15, 0.2) is 30.3 Å². The highest BCUT2D eigenvalue weighted by Crippen LogP contribution is 2.18. The van der Waals surface area contributed by atoms with Gasteiger partial charge < -0.3 is 10.1 Å². The summed E-state index contributed by atoms with van der Waals surface area (Å²) in [6.07, 6.45) is 1.55. The van der Waals surface area contributed by atoms with Gasteiger partial charge in [-0.15, -0.1) is 0 Å². The third-order valence-corrected chi connectivity index (χ3v) is 3.35. The number of aryl methyl sites for hydroxylation is 1. The number of aromatic nitrogens is 2. The Balaban J connectivity index is 1.54. The van der Waals surface area contributed by atoms with Gasteiger partial charge >= 0.3 is 0 Å². The Hall–Kier alpha value is -2.37. The quantitative estimate of drug-likeness (QED) is 0.933. The zero-order valence-corrected chi connectivity index (χ0v) is 11.5. The highest BCUT2D eigenvalue weighted by molar-refractivity contribution is 5.92. The van der Waals surface area contributed by atoms with E-state index >= 15 is 0 Å². The topological polar surface area (TPSA) is 56.2 Å². The molecule has 0 unspecified atom stereocenters. The molecule has 1 aromatic carbocycles. The Morgan fingerprint density at radius 2 is 2.19 bits per heavy atom. The summed E-state index contributed by atoms with van der Waals surface area (Å²) >= 11 is 0. The molecule has 2 heterocycles. The van der Waals surface area contributed by atoms with Crippen molar-refractivity contribution in [2.45, 2.75) is 19.4 Å². The average molecular weight is 289 g/mol. The van der Waals surface area contributed by atoms with Crippen molar-refractivity contribution in [2.24, 2.45) is 0 Å². The molecule has 1 amide bonds. The van der Waals surface area contributed by atoms with Crippen LogP contribution in [0.2, 0.25) is 0 Å². The zero-order chi connectivity index (χ0) is 14.7. The summed E-state index contributed by atoms with van der Waals surface area (Å²) < 4.78 is 19.9. The van der Waals surface area contributed by atoms with Gasteiger partial charge in [-0.1, -0.05) is 12.1 Å². The molecule has 6 heteroatoms. The van der Waals surface area contributed by atoms with Crippen molar-refractivity contribution >= 4 is 5.91 Å². The monoisotopic (exact) mass is 289 g/mol. The highest BCUT2D eigenvalue weighted by atomic mass is 19.1. The molecule has 0 fully saturated rings. The molecule has 1 N–H and O–H groups in total. The first-order valence-electron chi connectivity index (χ1n) is 6.96. The number of hydrogen-bond donors (Lipinski definition) is 1. The predicted molar refractivity (Wildman–Crippen MR) is 74.8 cm³/mol. The minimum absolute atomic E-state index is 0.220. The predicted octanol–water partition coefficient (Wildman–Crippen LogP) is 1.78. The number of halogens is 1. The van der Waals surface area contributed by atoms with E-state index in [9.17, 15) is 9.18 Å². The normalized spacial score (nSPS) is 13.4. The molecule has 0 spiro atoms. The summed E-state index contributed by atoms with van der Waals surface area (Å²) in [5, 5.41) is 7.03. The van der Waals surface area contributed by atoms with Gasteiger partial charge in [-0.05, 0) is 24.1 Å². The van der Waals surface area contributed by atoms with E-state index in [1.54, 1.807) is 22.9 Å². The lowest BCUT2D eigenvalue weighted by Crippen LogP contribution is -2.26. The zero-order valence-electron chi connectivity index (χ0n) is 11.5. The van der Waals surface area contributed by atoms with E-state index in [-0.39, 0.29) is 11.7 Å². The average Bonchev–Trinajstić information content (AvgIpc) is 2.93. The number of carbonyl (C=O) groups is 1. The molecular weight excluding hydrogens is 273 g/mol. The largest absolute Gasteiger partial charge is 0.478 e. The fourth-order valence-corrected chi connectivity index (χ4v) is 2.24. The van der Waals surface area contributed by atoms with Crippen LogP contribution >= 0.6 is 0 Å². The van der Waals surface area contributed by atoms with Crippen molar-refractivity contribution in [3.8, 4) is 5.88 Å². The lowest BCUT2D eigenvalue weighted by Gasteiger charge is -2.13. The van der Waals surface area contributed by atoms with Crippen LogP contribution in [0.4, 0.5) is 4.39 Å². The van der Waals surface area contributed by atoms with Gasteiger partial charge in [-0.25, -0.2) is 9.07 Å². The van der Waals surface area contributed by atoms with Crippen LogP contribution in [0.3, 0.4) is 0 Å². The number of fused-ring (bicyclic) bond motifs is 1. The van der Waals surface area contributed by atoms with Crippen LogP contribution < -0.4 is 10.1 Å². The van der Waals surface area contributed by atoms with Crippen molar-refractivity contribution in [1.29, 1.82) is 0 Å². The Labute approximate surface area is 121 Å². The molecule has 0 saturated carbocycles. The minimum Gasteiger partial charge on any atom is -0.478 e. The number of nitrogens with one attached hydrogen (secondary N) is 1. The van der Waals surface area contributed by atoms with E-state index in [1.165, 1.54) is 12.1 Å². The van der Waals surface area contributed by atoms with Crippen molar-refractivity contribution in [3.05, 3.63) is 47.4 Å². The van der Waals surface area contributed by atoms with Crippen LogP contribution in [-0.2, 0) is 13.0 Å². The highest BCUT2D eigenvalue weighted by Gasteiger charge is 2.17. The molecule has 0 radical (unpaired) electrons. The molecule has 5 nitrogen and oxygen atoms in total. The van der Waals surface area contributed by atoms with Gasteiger partial charge in [0.25, 0.3) is 5.91 Å². The van der Waals surface area contributed by atoms with E-state index in [1.807, 2.05) is 0 Å². The first kappa shape index (κ1) is 13.6. The first-order chi connectivity index (χ1) is 10.2. The third kappa shape index (κ3) is 3.21. The van der Waals surface area contributed by atoms with Crippen LogP contribution in [0.25, 0.3) is 0 Å². The van der Waals surface area contributed by atoms with Crippen LogP contribution in [-0.4, -0.2) is 28.8 Å². The molecule has 110 valence electrons. The number of amides is 1. The molecular formula is C15H16FN3O2. The third-order valence-electron chi connectivity index (χ3n) is 3.35. The second kappa shape index (κ2) is 5.95. The van der Waals surface area contributed by atoms with Crippen LogP contribution in [0, 0.1) is 5.82 Å². The number of benzene rings is 1. The second-order valence-electron chi connectivity index (χ2n) is 4.93. The molecule has 1 aliphatic rings. The Bertz CT molecular complexity index is 613. The van der Waals surface area contributed by atoms with E-state index in [4.69, 9.17) is 4.74 Å². The molecule has 3 rings (SSSR count). The van der Waals surface area contributed by atoms with Crippen LogP contribution in [0.5, 0.6) is 5.88 Å². The van der Waals surface area contributed by atoms with Gasteiger partial charge in [0, 0.05) is 25.6 Å². The fourth-order valence-electron chi connectivity index (χ4n) is 2.24. The van der Waals surface area contributed by atoms with E-state index < -0.39 is 0 Å². The SMILES string of the molecule is O=C(NCCc1ccc(F)cc1)c1cc2n(n1)CCCO2. The maximum Gasteiger partial charge on any atom is 0.271 e. The van der Waals surface area contributed by atoms with Crippen molar-refractivity contribution in [2.75, 3.05) is 13.2 Å². The van der Waals surface area contributed by atoms with E-state index in [0.717, 1.165) is 18.5 Å². The molecule has 1 aliphatic heterocycles. The van der Waals surface area contributed by atoms with Gasteiger partial charge in [-0.2, -0.15) is 5.10 Å². The summed E-state index contributed by atoms with van der Waals surface area (Å²) in [6.45, 7) is 1.92. The Kier molecular flexibility index (Phi) is 3.85. The van der Waals surface area contributed by atoms with Crippen molar-refractivity contribution in [3.63, 3.8) is 0 Å². The van der Waals surface area contributed by atoms with Gasteiger partial charge in [0.2, 0.25) is 5.88 Å². The fraction of sp³-hybridized carbons (Fsp3) is 0.333. The second-order valence-corrected chi connectivity index (χ2v) is 4.93. The molecule has 0 atom stereocenters. The summed E-state index contributed by atoms with van der Waals surface area (Å²) in [5.74, 6) is 0.166. The number of nitrogens with zero attached hydrogens (tertiary/aromatic N) is 2. The van der Waals surface area contributed by atoms with Crippen molar-refractivity contribution in [1.82, 2.24) is 15.1 Å². The summed E-state index contributed by atoms with van der Waals surface area (Å²) in [4.78, 5) is 12.0. The molecule has 0 aliphatic carbocycles. The molecule has 1 aromatic heterocycles. The summed E-state index contributed by atoms with van der Waals surface area (Å²) in [7, 11) is 0. The van der Waals surface area contributed by atoms with E-state index in [0.29, 0.717) is 31.1 Å². The van der Waals surface area contributed by atoms with E-state index in [2.05, 4.69) is 10.4 Å². The van der Waals surface area contributed by atoms with Gasteiger partial charge in [-0.3, -0.25) is 4.79 Å². The van der Waals surface area contributed by atoms with Gasteiger partial charge in [0.15, 0.2) is 5.69 Å². The Morgan fingerprint density at radius 3 is 2.95 bits per heavy atom. The molecule has 0 saturated heterocycles.